The Hall–Kier alpha value is -0.670. The number of benzene rings is 1. The van der Waals surface area contributed by atoms with Crippen LogP contribution < -0.4 is 0 Å². The molecule has 2 rings (SSSR count). The van der Waals surface area contributed by atoms with E-state index in [1.54, 1.807) is 0 Å². The lowest BCUT2D eigenvalue weighted by molar-refractivity contribution is 0.593. The zero-order valence-electron chi connectivity index (χ0n) is 7.40. The molecule has 0 spiro atoms. The molecule has 0 aliphatic rings. The first kappa shape index (κ1) is 9.87. The molecule has 0 saturated carbocycles. The molecule has 0 fully saturated rings. The zero-order valence-corrected chi connectivity index (χ0v) is 8.98. The molecular formula is C10H7ClF2S. The SMILES string of the molecule is CCc1sc2c(F)cc(F)cc2c1Cl. The van der Waals surface area contributed by atoms with Gasteiger partial charge in [-0.1, -0.05) is 18.5 Å². The largest absolute Gasteiger partial charge is 0.207 e. The van der Waals surface area contributed by atoms with Crippen LogP contribution in [0.4, 0.5) is 8.78 Å². The van der Waals surface area contributed by atoms with Gasteiger partial charge in [0.1, 0.15) is 11.6 Å². The van der Waals surface area contributed by atoms with Crippen LogP contribution in [-0.2, 0) is 6.42 Å². The van der Waals surface area contributed by atoms with Crippen molar-refractivity contribution in [3.63, 3.8) is 0 Å². The fourth-order valence-electron chi connectivity index (χ4n) is 1.37. The average molecular weight is 233 g/mol. The van der Waals surface area contributed by atoms with E-state index in [2.05, 4.69) is 0 Å². The summed E-state index contributed by atoms with van der Waals surface area (Å²) < 4.78 is 26.6. The maximum Gasteiger partial charge on any atom is 0.143 e. The Kier molecular flexibility index (Phi) is 2.45. The Labute approximate surface area is 89.1 Å². The lowest BCUT2D eigenvalue weighted by Gasteiger charge is -1.93. The van der Waals surface area contributed by atoms with Crippen molar-refractivity contribution in [3.8, 4) is 0 Å². The van der Waals surface area contributed by atoms with Crippen molar-refractivity contribution in [1.29, 1.82) is 0 Å². The summed E-state index contributed by atoms with van der Waals surface area (Å²) in [5, 5.41) is 0.955. The van der Waals surface area contributed by atoms with Crippen molar-refractivity contribution < 1.29 is 8.78 Å². The molecule has 74 valence electrons. The minimum Gasteiger partial charge on any atom is -0.207 e. The van der Waals surface area contributed by atoms with E-state index in [4.69, 9.17) is 11.6 Å². The van der Waals surface area contributed by atoms with Crippen molar-refractivity contribution >= 4 is 33.0 Å². The second-order valence-electron chi connectivity index (χ2n) is 2.96. The molecule has 0 amide bonds. The van der Waals surface area contributed by atoms with Gasteiger partial charge in [0.15, 0.2) is 0 Å². The van der Waals surface area contributed by atoms with Crippen LogP contribution in [-0.4, -0.2) is 0 Å². The van der Waals surface area contributed by atoms with Crippen LogP contribution >= 0.6 is 22.9 Å². The summed E-state index contributed by atoms with van der Waals surface area (Å²) in [6.45, 7) is 1.94. The highest BCUT2D eigenvalue weighted by Gasteiger charge is 2.13. The molecule has 0 unspecified atom stereocenters. The van der Waals surface area contributed by atoms with Gasteiger partial charge < -0.3 is 0 Å². The van der Waals surface area contributed by atoms with Crippen molar-refractivity contribution in [2.24, 2.45) is 0 Å². The lowest BCUT2D eigenvalue weighted by Crippen LogP contribution is -1.78. The first-order chi connectivity index (χ1) is 6.63. The third kappa shape index (κ3) is 1.41. The highest BCUT2D eigenvalue weighted by Crippen LogP contribution is 2.37. The van der Waals surface area contributed by atoms with Gasteiger partial charge in [-0.15, -0.1) is 11.3 Å². The summed E-state index contributed by atoms with van der Waals surface area (Å²) >= 11 is 7.26. The highest BCUT2D eigenvalue weighted by molar-refractivity contribution is 7.19. The standard InChI is InChI=1S/C10H7ClF2S/c1-2-8-9(11)6-3-5(12)4-7(13)10(6)14-8/h3-4H,2H2,1H3. The Morgan fingerprint density at radius 3 is 2.71 bits per heavy atom. The van der Waals surface area contributed by atoms with Crippen LogP contribution in [0.5, 0.6) is 0 Å². The van der Waals surface area contributed by atoms with Crippen LogP contribution in [0.15, 0.2) is 12.1 Å². The van der Waals surface area contributed by atoms with Gasteiger partial charge in [-0.05, 0) is 12.5 Å². The molecule has 0 atom stereocenters. The van der Waals surface area contributed by atoms with Crippen LogP contribution in [0.1, 0.15) is 11.8 Å². The number of fused-ring (bicyclic) bond motifs is 1. The lowest BCUT2D eigenvalue weighted by atomic mass is 10.2. The molecule has 0 nitrogen and oxygen atoms in total. The Balaban J connectivity index is 2.85. The van der Waals surface area contributed by atoms with Crippen LogP contribution in [0.2, 0.25) is 5.02 Å². The van der Waals surface area contributed by atoms with Gasteiger partial charge in [-0.25, -0.2) is 8.78 Å². The molecular weight excluding hydrogens is 226 g/mol. The number of thiophene rings is 1. The first-order valence-electron chi connectivity index (χ1n) is 4.19. The topological polar surface area (TPSA) is 0 Å². The molecule has 0 aliphatic carbocycles. The van der Waals surface area contributed by atoms with Crippen LogP contribution in [0.3, 0.4) is 0 Å². The van der Waals surface area contributed by atoms with Gasteiger partial charge in [0.05, 0.1) is 9.72 Å². The summed E-state index contributed by atoms with van der Waals surface area (Å²) in [5.74, 6) is -1.12. The van der Waals surface area contributed by atoms with Gasteiger partial charge in [0, 0.05) is 16.3 Å². The van der Waals surface area contributed by atoms with E-state index in [-0.39, 0.29) is 0 Å². The Morgan fingerprint density at radius 2 is 2.07 bits per heavy atom. The minimum absolute atomic E-state index is 0.438. The Morgan fingerprint density at radius 1 is 1.36 bits per heavy atom. The normalized spacial score (nSPS) is 11.1. The zero-order chi connectivity index (χ0) is 10.3. The third-order valence-electron chi connectivity index (χ3n) is 2.04. The highest BCUT2D eigenvalue weighted by atomic mass is 35.5. The van der Waals surface area contributed by atoms with Crippen molar-refractivity contribution in [1.82, 2.24) is 0 Å². The summed E-state index contributed by atoms with van der Waals surface area (Å²) in [6.07, 6.45) is 0.735. The van der Waals surface area contributed by atoms with Gasteiger partial charge in [-0.3, -0.25) is 0 Å². The van der Waals surface area contributed by atoms with Crippen molar-refractivity contribution in [2.45, 2.75) is 13.3 Å². The fourth-order valence-corrected chi connectivity index (χ4v) is 2.84. The van der Waals surface area contributed by atoms with E-state index in [0.717, 1.165) is 17.4 Å². The molecule has 0 saturated heterocycles. The molecule has 0 N–H and O–H groups in total. The summed E-state index contributed by atoms with van der Waals surface area (Å²) in [4.78, 5) is 0.895. The Bertz CT molecular complexity index is 490. The maximum absolute atomic E-state index is 13.3. The number of hydrogen-bond acceptors (Lipinski definition) is 1. The predicted molar refractivity (Wildman–Crippen MR) is 56.1 cm³/mol. The summed E-state index contributed by atoms with van der Waals surface area (Å²) in [7, 11) is 0. The van der Waals surface area contributed by atoms with Gasteiger partial charge in [-0.2, -0.15) is 0 Å². The summed E-state index contributed by atoms with van der Waals surface area (Å²) in [5.41, 5.74) is 0. The van der Waals surface area contributed by atoms with Gasteiger partial charge >= 0.3 is 0 Å². The van der Waals surface area contributed by atoms with Crippen molar-refractivity contribution in [3.05, 3.63) is 33.7 Å². The average Bonchev–Trinajstić information content (AvgIpc) is 2.44. The van der Waals surface area contributed by atoms with E-state index in [9.17, 15) is 8.78 Å². The number of rotatable bonds is 1. The predicted octanol–water partition coefficient (Wildman–Crippen LogP) is 4.40. The molecule has 1 heterocycles. The second kappa shape index (κ2) is 3.48. The second-order valence-corrected chi connectivity index (χ2v) is 4.44. The van der Waals surface area contributed by atoms with E-state index in [1.807, 2.05) is 6.92 Å². The van der Waals surface area contributed by atoms with E-state index in [0.29, 0.717) is 15.1 Å². The van der Waals surface area contributed by atoms with Crippen molar-refractivity contribution in [2.75, 3.05) is 0 Å². The molecule has 4 heteroatoms. The van der Waals surface area contributed by atoms with E-state index < -0.39 is 11.6 Å². The molecule has 2 aromatic rings. The minimum atomic E-state index is -0.586. The van der Waals surface area contributed by atoms with E-state index >= 15 is 0 Å². The quantitative estimate of drug-likeness (QED) is 0.684. The molecule has 1 aromatic carbocycles. The van der Waals surface area contributed by atoms with Crippen LogP contribution in [0.25, 0.3) is 10.1 Å². The smallest absolute Gasteiger partial charge is 0.143 e. The third-order valence-corrected chi connectivity index (χ3v) is 3.94. The number of hydrogen-bond donors (Lipinski definition) is 0. The van der Waals surface area contributed by atoms with Crippen LogP contribution in [0, 0.1) is 11.6 Å². The molecule has 0 bridgehead atoms. The fraction of sp³-hybridized carbons (Fsp3) is 0.200. The monoisotopic (exact) mass is 232 g/mol. The number of aryl methyl sites for hydroxylation is 1. The van der Waals surface area contributed by atoms with Gasteiger partial charge in [0.2, 0.25) is 0 Å². The molecule has 1 aromatic heterocycles. The summed E-state index contributed by atoms with van der Waals surface area (Å²) in [6, 6.07) is 2.16. The molecule has 14 heavy (non-hydrogen) atoms. The first-order valence-corrected chi connectivity index (χ1v) is 5.39. The maximum atomic E-state index is 13.3. The van der Waals surface area contributed by atoms with E-state index in [1.165, 1.54) is 17.4 Å². The number of halogens is 3. The molecule has 0 aliphatic heterocycles. The van der Waals surface area contributed by atoms with Gasteiger partial charge in [0.25, 0.3) is 0 Å². The molecule has 0 radical (unpaired) electrons.